The maximum Gasteiger partial charge on any atom is 0.573 e. The van der Waals surface area contributed by atoms with Gasteiger partial charge in [-0.15, -0.1) is 13.2 Å². The Labute approximate surface area is 170 Å². The van der Waals surface area contributed by atoms with Crippen LogP contribution in [0.2, 0.25) is 0 Å². The van der Waals surface area contributed by atoms with Gasteiger partial charge in [0, 0.05) is 18.8 Å². The first-order valence-electron chi connectivity index (χ1n) is 9.17. The summed E-state index contributed by atoms with van der Waals surface area (Å²) in [4.78, 5) is 23.3. The summed E-state index contributed by atoms with van der Waals surface area (Å²) in [6.07, 6.45) is -1.89. The summed E-state index contributed by atoms with van der Waals surface area (Å²) >= 11 is 0. The molecule has 30 heavy (non-hydrogen) atoms. The molecule has 0 radical (unpaired) electrons. The van der Waals surface area contributed by atoms with E-state index in [4.69, 9.17) is 0 Å². The molecule has 2 heterocycles. The van der Waals surface area contributed by atoms with Crippen LogP contribution < -0.4 is 15.0 Å². The predicted molar refractivity (Wildman–Crippen MR) is 104 cm³/mol. The van der Waals surface area contributed by atoms with E-state index < -0.39 is 17.0 Å². The fourth-order valence-electron chi connectivity index (χ4n) is 3.32. The van der Waals surface area contributed by atoms with Gasteiger partial charge in [0.1, 0.15) is 12.1 Å². The van der Waals surface area contributed by atoms with Crippen molar-refractivity contribution in [2.24, 2.45) is 0 Å². The van der Waals surface area contributed by atoms with Crippen LogP contribution in [0.5, 0.6) is 5.75 Å². The van der Waals surface area contributed by atoms with Gasteiger partial charge in [-0.2, -0.15) is 0 Å². The van der Waals surface area contributed by atoms with Crippen LogP contribution in [0, 0.1) is 10.1 Å². The van der Waals surface area contributed by atoms with Crippen LogP contribution in [0.25, 0.3) is 0 Å². The molecule has 1 N–H and O–H groups in total. The van der Waals surface area contributed by atoms with Crippen molar-refractivity contribution in [2.75, 3.05) is 37.4 Å². The summed E-state index contributed by atoms with van der Waals surface area (Å²) in [6.45, 7) is 1.76. The number of halogens is 3. The van der Waals surface area contributed by atoms with E-state index in [9.17, 15) is 23.3 Å². The van der Waals surface area contributed by atoms with Crippen molar-refractivity contribution in [3.05, 3.63) is 40.7 Å². The molecular formula is C18H21F3N6O3. The first kappa shape index (κ1) is 21.6. The normalized spacial score (nSPS) is 15.6. The van der Waals surface area contributed by atoms with Gasteiger partial charge < -0.3 is 19.9 Å². The Bertz CT molecular complexity index is 886. The minimum Gasteiger partial charge on any atom is -0.406 e. The molecule has 1 saturated heterocycles. The Hall–Kier alpha value is -3.15. The van der Waals surface area contributed by atoms with Gasteiger partial charge in [0.15, 0.2) is 0 Å². The summed E-state index contributed by atoms with van der Waals surface area (Å²) in [5, 5.41) is 14.6. The lowest BCUT2D eigenvalue weighted by molar-refractivity contribution is -0.383. The van der Waals surface area contributed by atoms with Gasteiger partial charge in [-0.25, -0.2) is 9.97 Å². The zero-order valence-electron chi connectivity index (χ0n) is 16.4. The highest BCUT2D eigenvalue weighted by atomic mass is 19.4. The van der Waals surface area contributed by atoms with Crippen molar-refractivity contribution >= 4 is 23.0 Å². The van der Waals surface area contributed by atoms with Gasteiger partial charge >= 0.3 is 12.0 Å². The zero-order valence-corrected chi connectivity index (χ0v) is 16.4. The molecule has 0 saturated carbocycles. The van der Waals surface area contributed by atoms with Crippen molar-refractivity contribution in [3.8, 4) is 5.75 Å². The van der Waals surface area contributed by atoms with Crippen LogP contribution in [0.1, 0.15) is 12.8 Å². The van der Waals surface area contributed by atoms with Gasteiger partial charge in [-0.3, -0.25) is 10.1 Å². The number of aromatic nitrogens is 2. The van der Waals surface area contributed by atoms with E-state index >= 15 is 0 Å². The van der Waals surface area contributed by atoms with E-state index in [-0.39, 0.29) is 23.4 Å². The monoisotopic (exact) mass is 426 g/mol. The van der Waals surface area contributed by atoms with Gasteiger partial charge in [-0.1, -0.05) is 0 Å². The fourth-order valence-corrected chi connectivity index (χ4v) is 3.32. The Balaban J connectivity index is 1.83. The topological polar surface area (TPSA) is 96.7 Å². The number of piperidine rings is 1. The summed E-state index contributed by atoms with van der Waals surface area (Å²) in [5.41, 5.74) is 0.0220. The molecule has 0 aliphatic carbocycles. The average molecular weight is 426 g/mol. The minimum atomic E-state index is -4.80. The van der Waals surface area contributed by atoms with Crippen LogP contribution >= 0.6 is 0 Å². The van der Waals surface area contributed by atoms with E-state index in [1.807, 2.05) is 7.05 Å². The first-order valence-corrected chi connectivity index (χ1v) is 9.17. The molecule has 1 aromatic heterocycles. The predicted octanol–water partition coefficient (Wildman–Crippen LogP) is 3.56. The van der Waals surface area contributed by atoms with Crippen LogP contribution in [-0.2, 0) is 0 Å². The van der Waals surface area contributed by atoms with Crippen molar-refractivity contribution in [1.29, 1.82) is 0 Å². The number of nitro groups is 1. The molecule has 1 fully saturated rings. The van der Waals surface area contributed by atoms with Crippen LogP contribution in [0.4, 0.5) is 36.2 Å². The summed E-state index contributed by atoms with van der Waals surface area (Å²) in [7, 11) is 3.79. The second-order valence-electron chi connectivity index (χ2n) is 6.99. The van der Waals surface area contributed by atoms with E-state index in [0.29, 0.717) is 5.69 Å². The fraction of sp³-hybridized carbons (Fsp3) is 0.444. The lowest BCUT2D eigenvalue weighted by Gasteiger charge is -2.35. The summed E-state index contributed by atoms with van der Waals surface area (Å²) in [6, 6.07) is 4.94. The molecule has 0 bridgehead atoms. The second-order valence-corrected chi connectivity index (χ2v) is 6.99. The van der Waals surface area contributed by atoms with Crippen LogP contribution in [0.3, 0.4) is 0 Å². The van der Waals surface area contributed by atoms with E-state index in [1.165, 1.54) is 18.5 Å². The Morgan fingerprint density at radius 1 is 1.23 bits per heavy atom. The third-order valence-corrected chi connectivity index (χ3v) is 4.91. The number of hydrogen-bond donors (Lipinski definition) is 1. The molecular weight excluding hydrogens is 405 g/mol. The number of likely N-dealkylation sites (tertiary alicyclic amines) is 1. The standard InChI is InChI=1S/C18H21F3N6O3/c1-25-9-7-13(8-10-25)26(2)17-15(27(28)29)16(22-11-23-17)24-12-3-5-14(6-4-12)30-18(19,20)21/h3-6,11,13H,7-10H2,1-2H3,(H,22,23,24). The molecule has 2 aromatic rings. The Morgan fingerprint density at radius 2 is 1.87 bits per heavy atom. The minimum absolute atomic E-state index is 0.0470. The van der Waals surface area contributed by atoms with Gasteiger partial charge in [0.05, 0.1) is 4.92 Å². The highest BCUT2D eigenvalue weighted by Gasteiger charge is 2.32. The van der Waals surface area contributed by atoms with Crippen molar-refractivity contribution in [1.82, 2.24) is 14.9 Å². The molecule has 1 aliphatic rings. The SMILES string of the molecule is CN1CCC(N(C)c2ncnc(Nc3ccc(OC(F)(F)F)cc3)c2[N+](=O)[O-])CC1. The highest BCUT2D eigenvalue weighted by molar-refractivity contribution is 5.74. The third kappa shape index (κ3) is 5.26. The first-order chi connectivity index (χ1) is 14.1. The number of benzene rings is 1. The molecule has 0 spiro atoms. The smallest absolute Gasteiger partial charge is 0.406 e. The Kier molecular flexibility index (Phi) is 6.25. The maximum absolute atomic E-state index is 12.3. The number of hydrogen-bond acceptors (Lipinski definition) is 8. The molecule has 162 valence electrons. The number of alkyl halides is 3. The number of ether oxygens (including phenoxy) is 1. The van der Waals surface area contributed by atoms with E-state index in [1.54, 1.807) is 11.9 Å². The summed E-state index contributed by atoms with van der Waals surface area (Å²) in [5.74, 6) is -0.258. The molecule has 1 aliphatic heterocycles. The van der Waals surface area contributed by atoms with Gasteiger partial charge in [-0.05, 0) is 57.2 Å². The molecule has 3 rings (SSSR count). The molecule has 12 heteroatoms. The van der Waals surface area contributed by atoms with Crippen LogP contribution in [-0.4, -0.2) is 59.4 Å². The number of anilines is 3. The third-order valence-electron chi connectivity index (χ3n) is 4.91. The van der Waals surface area contributed by atoms with E-state index in [0.717, 1.165) is 38.1 Å². The Morgan fingerprint density at radius 3 is 2.43 bits per heavy atom. The quantitative estimate of drug-likeness (QED) is 0.553. The van der Waals surface area contributed by atoms with Gasteiger partial charge in [0.2, 0.25) is 11.6 Å². The second kappa shape index (κ2) is 8.69. The maximum atomic E-state index is 12.3. The highest BCUT2D eigenvalue weighted by Crippen LogP contribution is 2.35. The van der Waals surface area contributed by atoms with E-state index in [2.05, 4.69) is 24.9 Å². The van der Waals surface area contributed by atoms with Crippen molar-refractivity contribution < 1.29 is 22.8 Å². The number of rotatable bonds is 6. The molecule has 1 aromatic carbocycles. The van der Waals surface area contributed by atoms with Crippen LogP contribution in [0.15, 0.2) is 30.6 Å². The number of nitrogens with zero attached hydrogens (tertiary/aromatic N) is 5. The largest absolute Gasteiger partial charge is 0.573 e. The summed E-state index contributed by atoms with van der Waals surface area (Å²) < 4.78 is 40.7. The molecule has 0 unspecified atom stereocenters. The molecule has 0 amide bonds. The molecule has 0 atom stereocenters. The van der Waals surface area contributed by atoms with Gasteiger partial charge in [0.25, 0.3) is 0 Å². The zero-order chi connectivity index (χ0) is 21.9. The average Bonchev–Trinajstić information content (AvgIpc) is 2.68. The lowest BCUT2D eigenvalue weighted by Crippen LogP contribution is -2.42. The molecule has 9 nitrogen and oxygen atoms in total. The lowest BCUT2D eigenvalue weighted by atomic mass is 10.0. The van der Waals surface area contributed by atoms with Crippen molar-refractivity contribution in [2.45, 2.75) is 25.2 Å². The van der Waals surface area contributed by atoms with Crippen molar-refractivity contribution in [3.63, 3.8) is 0 Å². The number of nitrogens with one attached hydrogen (secondary N) is 1.